The van der Waals surface area contributed by atoms with E-state index < -0.39 is 5.60 Å². The van der Waals surface area contributed by atoms with Gasteiger partial charge in [0.2, 0.25) is 0 Å². The van der Waals surface area contributed by atoms with Crippen LogP contribution in [0.4, 0.5) is 10.5 Å². The van der Waals surface area contributed by atoms with Gasteiger partial charge in [-0.25, -0.2) is 4.79 Å². The number of hydrogen-bond acceptors (Lipinski definition) is 4. The highest BCUT2D eigenvalue weighted by Crippen LogP contribution is 2.37. The Labute approximate surface area is 131 Å². The van der Waals surface area contributed by atoms with Crippen LogP contribution in [-0.2, 0) is 4.74 Å². The van der Waals surface area contributed by atoms with Crippen molar-refractivity contribution in [3.05, 3.63) is 23.8 Å². The van der Waals surface area contributed by atoms with E-state index in [0.29, 0.717) is 5.92 Å². The highest BCUT2D eigenvalue weighted by Gasteiger charge is 2.26. The molecular weight excluding hydrogens is 280 g/mol. The molecular formula is C17H26N2O3. The first-order chi connectivity index (χ1) is 10.2. The van der Waals surface area contributed by atoms with Crippen molar-refractivity contribution in [2.75, 3.05) is 5.73 Å². The molecule has 0 heterocycles. The van der Waals surface area contributed by atoms with E-state index in [2.05, 4.69) is 5.32 Å². The predicted molar refractivity (Wildman–Crippen MR) is 86.9 cm³/mol. The first-order valence-electron chi connectivity index (χ1n) is 7.82. The number of benzene rings is 1. The SMILES string of the molecule is CC(C)(C)OC(=O)NC1CCC(c2cc(O)ccc2N)CC1. The molecule has 2 rings (SSSR count). The van der Waals surface area contributed by atoms with Crippen LogP contribution in [0, 0.1) is 0 Å². The monoisotopic (exact) mass is 306 g/mol. The van der Waals surface area contributed by atoms with Crippen LogP contribution in [0.1, 0.15) is 57.9 Å². The zero-order chi connectivity index (χ0) is 16.3. The molecule has 1 fully saturated rings. The molecule has 0 aromatic heterocycles. The number of alkyl carbamates (subject to hydrolysis) is 1. The number of nitrogen functional groups attached to an aromatic ring is 1. The normalized spacial score (nSPS) is 22.1. The average Bonchev–Trinajstić information content (AvgIpc) is 2.40. The molecule has 1 saturated carbocycles. The number of anilines is 1. The topological polar surface area (TPSA) is 84.6 Å². The zero-order valence-electron chi connectivity index (χ0n) is 13.6. The Kier molecular flexibility index (Phi) is 4.84. The van der Waals surface area contributed by atoms with Gasteiger partial charge in [0.25, 0.3) is 0 Å². The van der Waals surface area contributed by atoms with Crippen LogP contribution in [0.25, 0.3) is 0 Å². The molecule has 1 aromatic carbocycles. The summed E-state index contributed by atoms with van der Waals surface area (Å²) in [5.41, 5.74) is 7.26. The van der Waals surface area contributed by atoms with Crippen LogP contribution < -0.4 is 11.1 Å². The lowest BCUT2D eigenvalue weighted by molar-refractivity contribution is 0.0491. The van der Waals surface area contributed by atoms with Gasteiger partial charge >= 0.3 is 6.09 Å². The highest BCUT2D eigenvalue weighted by molar-refractivity contribution is 5.68. The van der Waals surface area contributed by atoms with E-state index in [4.69, 9.17) is 10.5 Å². The Morgan fingerprint density at radius 1 is 1.27 bits per heavy atom. The number of nitrogens with one attached hydrogen (secondary N) is 1. The molecule has 0 atom stereocenters. The van der Waals surface area contributed by atoms with E-state index in [1.54, 1.807) is 18.2 Å². The van der Waals surface area contributed by atoms with Crippen molar-refractivity contribution < 1.29 is 14.6 Å². The number of aromatic hydroxyl groups is 1. The summed E-state index contributed by atoms with van der Waals surface area (Å²) in [6.07, 6.45) is 3.30. The number of amides is 1. The summed E-state index contributed by atoms with van der Waals surface area (Å²) in [5.74, 6) is 0.585. The van der Waals surface area contributed by atoms with E-state index in [9.17, 15) is 9.90 Å². The molecule has 5 heteroatoms. The Hall–Kier alpha value is -1.91. The number of hydrogen-bond donors (Lipinski definition) is 3. The summed E-state index contributed by atoms with van der Waals surface area (Å²) in [7, 11) is 0. The van der Waals surface area contributed by atoms with Crippen LogP contribution >= 0.6 is 0 Å². The fourth-order valence-corrected chi connectivity index (χ4v) is 2.94. The molecule has 0 unspecified atom stereocenters. The summed E-state index contributed by atoms with van der Waals surface area (Å²) in [4.78, 5) is 11.8. The van der Waals surface area contributed by atoms with Crippen LogP contribution in [-0.4, -0.2) is 22.8 Å². The maximum Gasteiger partial charge on any atom is 0.407 e. The molecule has 1 amide bonds. The molecule has 122 valence electrons. The molecule has 1 aromatic rings. The van der Waals surface area contributed by atoms with Gasteiger partial charge < -0.3 is 20.9 Å². The zero-order valence-corrected chi connectivity index (χ0v) is 13.6. The third kappa shape index (κ3) is 4.55. The van der Waals surface area contributed by atoms with Gasteiger partial charge in [0.05, 0.1) is 0 Å². The van der Waals surface area contributed by atoms with Gasteiger partial charge in [-0.1, -0.05) is 0 Å². The first-order valence-corrected chi connectivity index (χ1v) is 7.82. The van der Waals surface area contributed by atoms with Crippen LogP contribution in [0.15, 0.2) is 18.2 Å². The minimum absolute atomic E-state index is 0.143. The number of carbonyl (C=O) groups is 1. The molecule has 0 bridgehead atoms. The largest absolute Gasteiger partial charge is 0.508 e. The molecule has 22 heavy (non-hydrogen) atoms. The molecule has 0 aliphatic heterocycles. The molecule has 0 saturated heterocycles. The third-order valence-electron chi connectivity index (χ3n) is 3.96. The Balaban J connectivity index is 1.88. The molecule has 5 nitrogen and oxygen atoms in total. The first kappa shape index (κ1) is 16.5. The lowest BCUT2D eigenvalue weighted by Gasteiger charge is -2.30. The fourth-order valence-electron chi connectivity index (χ4n) is 2.94. The Morgan fingerprint density at radius 3 is 2.50 bits per heavy atom. The van der Waals surface area contributed by atoms with Gasteiger partial charge in [0.1, 0.15) is 11.4 Å². The van der Waals surface area contributed by atoms with Crippen LogP contribution in [0.2, 0.25) is 0 Å². The Bertz CT molecular complexity index is 529. The summed E-state index contributed by atoms with van der Waals surface area (Å²) in [5, 5.41) is 12.5. The smallest absolute Gasteiger partial charge is 0.407 e. The number of carbonyl (C=O) groups excluding carboxylic acids is 1. The van der Waals surface area contributed by atoms with E-state index in [-0.39, 0.29) is 17.9 Å². The summed E-state index contributed by atoms with van der Waals surface area (Å²) in [6, 6.07) is 5.25. The summed E-state index contributed by atoms with van der Waals surface area (Å²) >= 11 is 0. The van der Waals surface area contributed by atoms with Gasteiger partial charge in [-0.15, -0.1) is 0 Å². The lowest BCUT2D eigenvalue weighted by atomic mass is 9.81. The van der Waals surface area contributed by atoms with Crippen molar-refractivity contribution in [2.45, 2.75) is 64.0 Å². The maximum atomic E-state index is 11.8. The van der Waals surface area contributed by atoms with Gasteiger partial charge in [0, 0.05) is 11.7 Å². The van der Waals surface area contributed by atoms with Gasteiger partial charge in [0.15, 0.2) is 0 Å². The molecule has 1 aliphatic carbocycles. The Morgan fingerprint density at radius 2 is 1.91 bits per heavy atom. The molecule has 1 aliphatic rings. The molecule has 4 N–H and O–H groups in total. The van der Waals surface area contributed by atoms with Crippen molar-refractivity contribution in [1.29, 1.82) is 0 Å². The van der Waals surface area contributed by atoms with Crippen LogP contribution in [0.3, 0.4) is 0 Å². The van der Waals surface area contributed by atoms with E-state index in [1.165, 1.54) is 0 Å². The highest BCUT2D eigenvalue weighted by atomic mass is 16.6. The quantitative estimate of drug-likeness (QED) is 0.576. The second-order valence-electron chi connectivity index (χ2n) is 7.01. The molecule has 0 spiro atoms. The lowest BCUT2D eigenvalue weighted by Crippen LogP contribution is -2.40. The number of nitrogens with two attached hydrogens (primary N) is 1. The minimum Gasteiger partial charge on any atom is -0.508 e. The number of phenols is 1. The van der Waals surface area contributed by atoms with Crippen molar-refractivity contribution >= 4 is 11.8 Å². The third-order valence-corrected chi connectivity index (χ3v) is 3.96. The predicted octanol–water partition coefficient (Wildman–Crippen LogP) is 3.53. The van der Waals surface area contributed by atoms with Gasteiger partial charge in [-0.3, -0.25) is 0 Å². The number of rotatable bonds is 2. The second-order valence-corrected chi connectivity index (χ2v) is 7.01. The van der Waals surface area contributed by atoms with Crippen LogP contribution in [0.5, 0.6) is 5.75 Å². The van der Waals surface area contributed by atoms with E-state index >= 15 is 0 Å². The minimum atomic E-state index is -0.475. The number of ether oxygens (including phenoxy) is 1. The summed E-state index contributed by atoms with van der Waals surface area (Å²) in [6.45, 7) is 5.57. The average molecular weight is 306 g/mol. The second kappa shape index (κ2) is 6.46. The van der Waals surface area contributed by atoms with Gasteiger partial charge in [-0.05, 0) is 76.1 Å². The fraction of sp³-hybridized carbons (Fsp3) is 0.588. The van der Waals surface area contributed by atoms with Crippen molar-refractivity contribution in [2.24, 2.45) is 0 Å². The molecule has 0 radical (unpaired) electrons. The standard InChI is InChI=1S/C17H26N2O3/c1-17(2,3)22-16(21)19-12-6-4-11(5-7-12)14-10-13(20)8-9-15(14)18/h8-12,20H,4-7,18H2,1-3H3,(H,19,21). The van der Waals surface area contributed by atoms with Crippen molar-refractivity contribution in [3.8, 4) is 5.75 Å². The summed E-state index contributed by atoms with van der Waals surface area (Å²) < 4.78 is 5.28. The van der Waals surface area contributed by atoms with Crippen molar-refractivity contribution in [1.82, 2.24) is 5.32 Å². The maximum absolute atomic E-state index is 11.8. The number of phenolic OH excluding ortho intramolecular Hbond substituents is 1. The van der Waals surface area contributed by atoms with E-state index in [0.717, 1.165) is 36.9 Å². The van der Waals surface area contributed by atoms with Gasteiger partial charge in [-0.2, -0.15) is 0 Å². The van der Waals surface area contributed by atoms with E-state index in [1.807, 2.05) is 20.8 Å². The van der Waals surface area contributed by atoms with Crippen molar-refractivity contribution in [3.63, 3.8) is 0 Å².